The molecule has 130 valence electrons. The monoisotopic (exact) mass is 350 g/mol. The molecule has 0 aliphatic carbocycles. The second-order valence-electron chi connectivity index (χ2n) is 5.06. The number of hydrogen-bond acceptors (Lipinski definition) is 7. The van der Waals surface area contributed by atoms with Crippen molar-refractivity contribution in [2.24, 2.45) is 0 Å². The van der Waals surface area contributed by atoms with Crippen LogP contribution >= 0.6 is 0 Å². The number of methoxy groups -OCH3 is 1. The van der Waals surface area contributed by atoms with E-state index >= 15 is 0 Å². The molecule has 0 saturated heterocycles. The summed E-state index contributed by atoms with van der Waals surface area (Å²) in [4.78, 5) is 11.7. The molecule has 2 aromatic carbocycles. The number of carbonyl (C=O) groups is 1. The van der Waals surface area contributed by atoms with Gasteiger partial charge in [-0.05, 0) is 42.0 Å². The molecule has 0 spiro atoms. The van der Waals surface area contributed by atoms with Crippen molar-refractivity contribution in [3.63, 3.8) is 0 Å². The summed E-state index contributed by atoms with van der Waals surface area (Å²) in [5.41, 5.74) is 1.54. The van der Waals surface area contributed by atoms with E-state index in [9.17, 15) is 9.90 Å². The van der Waals surface area contributed by atoms with Crippen molar-refractivity contribution in [2.75, 3.05) is 19.2 Å². The van der Waals surface area contributed by atoms with Gasteiger partial charge in [0.2, 0.25) is 12.5 Å². The topological polar surface area (TPSA) is 131 Å². The molecule has 1 atom stereocenters. The summed E-state index contributed by atoms with van der Waals surface area (Å²) in [5, 5.41) is 21.3. The fraction of sp³-hybridized carbons (Fsp3) is 0.176. The molecule has 0 bridgehead atoms. The Bertz CT molecular complexity index is 819. The van der Waals surface area contributed by atoms with E-state index in [1.807, 2.05) is 6.07 Å². The van der Waals surface area contributed by atoms with E-state index < -0.39 is 12.0 Å². The third-order valence-corrected chi connectivity index (χ3v) is 3.59. The number of rotatable bonds is 5. The SMILES string of the molecule is COc1cc(C(Nc2ccc(C#N)cc2)C(=O)O)cc2c1OCO2.[Li+].[OH-]. The van der Waals surface area contributed by atoms with Gasteiger partial charge in [-0.15, -0.1) is 0 Å². The molecular weight excluding hydrogens is 335 g/mol. The van der Waals surface area contributed by atoms with Gasteiger partial charge in [-0.3, -0.25) is 0 Å². The molecular formula is C17H15LiN2O6. The van der Waals surface area contributed by atoms with Crippen molar-refractivity contribution in [3.8, 4) is 23.3 Å². The average molecular weight is 350 g/mol. The number of nitrogens with one attached hydrogen (secondary N) is 1. The van der Waals surface area contributed by atoms with Gasteiger partial charge in [-0.25, -0.2) is 4.79 Å². The summed E-state index contributed by atoms with van der Waals surface area (Å²) in [6.07, 6.45) is 0. The predicted octanol–water partition coefficient (Wildman–Crippen LogP) is -0.639. The van der Waals surface area contributed by atoms with E-state index in [-0.39, 0.29) is 31.1 Å². The van der Waals surface area contributed by atoms with Gasteiger partial charge in [0.15, 0.2) is 17.5 Å². The maximum atomic E-state index is 11.7. The van der Waals surface area contributed by atoms with Crippen molar-refractivity contribution in [1.29, 1.82) is 5.26 Å². The van der Waals surface area contributed by atoms with Crippen LogP contribution in [0.2, 0.25) is 0 Å². The standard InChI is InChI=1S/C17H14N2O5.Li.H2O/c1-22-13-6-11(7-14-16(13)24-9-23-14)15(17(20)21)19-12-4-2-10(8-18)3-5-12;;/h2-7,15,19H,9H2,1H3,(H,20,21);;1H2/q;+1;/p-1. The van der Waals surface area contributed by atoms with Crippen LogP contribution in [0.3, 0.4) is 0 Å². The normalized spacial score (nSPS) is 12.0. The van der Waals surface area contributed by atoms with Gasteiger partial charge < -0.3 is 30.1 Å². The number of fused-ring (bicyclic) bond motifs is 1. The van der Waals surface area contributed by atoms with Gasteiger partial charge in [0.05, 0.1) is 18.7 Å². The maximum Gasteiger partial charge on any atom is 1.00 e. The maximum absolute atomic E-state index is 11.7. The number of ether oxygens (including phenoxy) is 3. The summed E-state index contributed by atoms with van der Waals surface area (Å²) >= 11 is 0. The molecule has 0 fully saturated rings. The van der Waals surface area contributed by atoms with E-state index in [2.05, 4.69) is 5.32 Å². The minimum absolute atomic E-state index is 0. The van der Waals surface area contributed by atoms with Crippen LogP contribution in [0.4, 0.5) is 5.69 Å². The Labute approximate surface area is 161 Å². The molecule has 0 aromatic heterocycles. The van der Waals surface area contributed by atoms with Crippen LogP contribution in [-0.2, 0) is 4.79 Å². The van der Waals surface area contributed by atoms with E-state index in [4.69, 9.17) is 19.5 Å². The van der Waals surface area contributed by atoms with Crippen LogP contribution in [0.1, 0.15) is 17.2 Å². The molecule has 1 heterocycles. The molecule has 8 nitrogen and oxygen atoms in total. The number of carboxylic acids is 1. The smallest absolute Gasteiger partial charge is 0.870 e. The number of nitriles is 1. The van der Waals surface area contributed by atoms with Gasteiger partial charge in [0.1, 0.15) is 0 Å². The van der Waals surface area contributed by atoms with Crippen molar-refractivity contribution < 1.29 is 48.4 Å². The molecule has 2 aromatic rings. The van der Waals surface area contributed by atoms with Crippen molar-refractivity contribution in [3.05, 3.63) is 47.5 Å². The second-order valence-corrected chi connectivity index (χ2v) is 5.06. The zero-order chi connectivity index (χ0) is 17.1. The summed E-state index contributed by atoms with van der Waals surface area (Å²) in [5.74, 6) is 0.258. The Balaban J connectivity index is 0.00000169. The number of anilines is 1. The summed E-state index contributed by atoms with van der Waals surface area (Å²) in [6, 6.07) is 10.7. The second kappa shape index (κ2) is 9.02. The van der Waals surface area contributed by atoms with Crippen LogP contribution in [0.15, 0.2) is 36.4 Å². The fourth-order valence-corrected chi connectivity index (χ4v) is 2.41. The summed E-state index contributed by atoms with van der Waals surface area (Å²) in [6.45, 7) is 0.0654. The van der Waals surface area contributed by atoms with Crippen molar-refractivity contribution in [1.82, 2.24) is 0 Å². The van der Waals surface area contributed by atoms with Crippen LogP contribution < -0.4 is 38.4 Å². The van der Waals surface area contributed by atoms with Crippen LogP contribution in [-0.4, -0.2) is 30.5 Å². The van der Waals surface area contributed by atoms with E-state index in [1.165, 1.54) is 7.11 Å². The van der Waals surface area contributed by atoms with Crippen molar-refractivity contribution in [2.45, 2.75) is 6.04 Å². The number of carboxylic acid groups (broad SMARTS) is 1. The van der Waals surface area contributed by atoms with Crippen LogP contribution in [0.5, 0.6) is 17.2 Å². The van der Waals surface area contributed by atoms with E-state index in [1.54, 1.807) is 36.4 Å². The first-order valence-electron chi connectivity index (χ1n) is 7.09. The Kier molecular flexibility index (Phi) is 7.36. The minimum atomic E-state index is -1.06. The Morgan fingerprint density at radius 3 is 2.58 bits per heavy atom. The number of nitrogens with zero attached hydrogens (tertiary/aromatic N) is 1. The first-order chi connectivity index (χ1) is 11.6. The number of hydrogen-bond donors (Lipinski definition) is 2. The molecule has 3 rings (SSSR count). The molecule has 1 aliphatic heterocycles. The average Bonchev–Trinajstić information content (AvgIpc) is 3.07. The number of benzene rings is 2. The van der Waals surface area contributed by atoms with E-state index in [0.717, 1.165) is 0 Å². The first-order valence-corrected chi connectivity index (χ1v) is 7.09. The van der Waals surface area contributed by atoms with Gasteiger partial charge in [0.25, 0.3) is 0 Å². The Hall–Kier alpha value is -2.84. The molecule has 1 aliphatic rings. The third kappa shape index (κ3) is 4.22. The summed E-state index contributed by atoms with van der Waals surface area (Å²) < 4.78 is 15.9. The molecule has 9 heteroatoms. The van der Waals surface area contributed by atoms with E-state index in [0.29, 0.717) is 34.1 Å². The summed E-state index contributed by atoms with van der Waals surface area (Å²) in [7, 11) is 1.48. The molecule has 1 unspecified atom stereocenters. The largest absolute Gasteiger partial charge is 1.00 e. The molecule has 0 saturated carbocycles. The first kappa shape index (κ1) is 21.2. The number of aliphatic carboxylic acids is 1. The Morgan fingerprint density at radius 1 is 1.31 bits per heavy atom. The Morgan fingerprint density at radius 2 is 2.00 bits per heavy atom. The molecule has 26 heavy (non-hydrogen) atoms. The van der Waals surface area contributed by atoms with Crippen molar-refractivity contribution >= 4 is 11.7 Å². The zero-order valence-electron chi connectivity index (χ0n) is 14.2. The van der Waals surface area contributed by atoms with Gasteiger partial charge >= 0.3 is 24.8 Å². The van der Waals surface area contributed by atoms with Gasteiger partial charge in [-0.1, -0.05) is 0 Å². The fourth-order valence-electron chi connectivity index (χ4n) is 2.41. The predicted molar refractivity (Wildman–Crippen MR) is 86.2 cm³/mol. The van der Waals surface area contributed by atoms with Crippen LogP contribution in [0.25, 0.3) is 0 Å². The van der Waals surface area contributed by atoms with Crippen LogP contribution in [0, 0.1) is 11.3 Å². The quantitative estimate of drug-likeness (QED) is 0.681. The molecule has 0 amide bonds. The molecule has 3 N–H and O–H groups in total. The molecule has 0 radical (unpaired) electrons. The zero-order valence-corrected chi connectivity index (χ0v) is 14.2. The third-order valence-electron chi connectivity index (χ3n) is 3.59. The van der Waals surface area contributed by atoms with Gasteiger partial charge in [0, 0.05) is 5.69 Å². The van der Waals surface area contributed by atoms with Gasteiger partial charge in [-0.2, -0.15) is 5.26 Å². The minimum Gasteiger partial charge on any atom is -0.870 e.